The molecular formula is C18H14ClF3N2O5S. The number of rotatable bonds is 5. The molecule has 2 aromatic carbocycles. The van der Waals surface area contributed by atoms with E-state index in [1.165, 1.54) is 33.1 Å². The monoisotopic (exact) mass is 462 g/mol. The third kappa shape index (κ3) is 5.57. The highest BCUT2D eigenvalue weighted by molar-refractivity contribution is 7.80. The number of benzene rings is 2. The molecule has 2 rings (SSSR count). The number of nitro benzene ring substituents is 1. The molecule has 0 fully saturated rings. The van der Waals surface area contributed by atoms with E-state index in [0.29, 0.717) is 6.07 Å². The van der Waals surface area contributed by atoms with Crippen molar-refractivity contribution in [1.82, 2.24) is 0 Å². The second kappa shape index (κ2) is 9.26. The van der Waals surface area contributed by atoms with Crippen LogP contribution in [0.2, 0.25) is 5.02 Å². The third-order valence-corrected chi connectivity index (χ3v) is 3.99. The number of oxime groups is 1. The van der Waals surface area contributed by atoms with E-state index < -0.39 is 16.7 Å². The summed E-state index contributed by atoms with van der Waals surface area (Å²) in [6, 6.07) is 5.12. The lowest BCUT2D eigenvalue weighted by atomic mass is 10.1. The van der Waals surface area contributed by atoms with Gasteiger partial charge in [-0.25, -0.2) is 0 Å². The fraction of sp³-hybridized carbons (Fsp3) is 0.222. The number of hydrogen-bond donors (Lipinski definition) is 0. The quantitative estimate of drug-likeness (QED) is 0.177. The molecule has 0 aliphatic rings. The van der Waals surface area contributed by atoms with Gasteiger partial charge in [0.15, 0.2) is 5.05 Å². The van der Waals surface area contributed by atoms with Crippen LogP contribution in [0.15, 0.2) is 35.5 Å². The van der Waals surface area contributed by atoms with Crippen LogP contribution in [0.3, 0.4) is 0 Å². The van der Waals surface area contributed by atoms with Crippen molar-refractivity contribution >= 4 is 40.5 Å². The molecule has 0 aliphatic carbocycles. The summed E-state index contributed by atoms with van der Waals surface area (Å²) in [6.45, 7) is 2.89. The number of methoxy groups -OCH3 is 1. The summed E-state index contributed by atoms with van der Waals surface area (Å²) in [4.78, 5) is 15.7. The van der Waals surface area contributed by atoms with Gasteiger partial charge in [-0.15, -0.1) is 0 Å². The van der Waals surface area contributed by atoms with E-state index in [9.17, 15) is 23.3 Å². The van der Waals surface area contributed by atoms with Crippen LogP contribution in [-0.4, -0.2) is 23.0 Å². The molecule has 0 unspecified atom stereocenters. The van der Waals surface area contributed by atoms with Gasteiger partial charge in [0, 0.05) is 18.6 Å². The van der Waals surface area contributed by atoms with Crippen LogP contribution in [0.1, 0.15) is 23.6 Å². The summed E-state index contributed by atoms with van der Waals surface area (Å²) in [5.74, 6) is -0.276. The van der Waals surface area contributed by atoms with Crippen molar-refractivity contribution in [1.29, 1.82) is 0 Å². The smallest absolute Gasteiger partial charge is 0.416 e. The Morgan fingerprint density at radius 1 is 1.27 bits per heavy atom. The van der Waals surface area contributed by atoms with E-state index in [1.807, 2.05) is 0 Å². The van der Waals surface area contributed by atoms with Crippen molar-refractivity contribution in [2.24, 2.45) is 5.16 Å². The zero-order valence-electron chi connectivity index (χ0n) is 15.7. The summed E-state index contributed by atoms with van der Waals surface area (Å²) in [5, 5.41) is 14.9. The average Bonchev–Trinajstić information content (AvgIpc) is 2.62. The highest BCUT2D eigenvalue weighted by Crippen LogP contribution is 2.38. The molecule has 0 atom stereocenters. The second-order valence-electron chi connectivity index (χ2n) is 5.82. The first-order valence-electron chi connectivity index (χ1n) is 8.07. The highest BCUT2D eigenvalue weighted by atomic mass is 35.5. The highest BCUT2D eigenvalue weighted by Gasteiger charge is 2.31. The molecule has 0 aromatic heterocycles. The minimum absolute atomic E-state index is 0.0489. The second-order valence-corrected chi connectivity index (χ2v) is 6.80. The van der Waals surface area contributed by atoms with E-state index in [1.54, 1.807) is 0 Å². The fourth-order valence-electron chi connectivity index (χ4n) is 2.40. The minimum Gasteiger partial charge on any atom is -0.478 e. The Labute approximate surface area is 179 Å². The zero-order valence-corrected chi connectivity index (χ0v) is 17.3. The average molecular weight is 463 g/mol. The number of thiocarbonyl (C=S) groups is 1. The first kappa shape index (κ1) is 23.4. The van der Waals surface area contributed by atoms with Crippen LogP contribution in [0.4, 0.5) is 18.9 Å². The number of halogens is 4. The van der Waals surface area contributed by atoms with Gasteiger partial charge < -0.3 is 14.3 Å². The van der Waals surface area contributed by atoms with Crippen molar-refractivity contribution in [3.8, 4) is 11.5 Å². The molecule has 0 amide bonds. The van der Waals surface area contributed by atoms with Gasteiger partial charge in [0.25, 0.3) is 11.6 Å². The fourth-order valence-corrected chi connectivity index (χ4v) is 2.66. The standard InChI is InChI=1S/C18H14ClF3N2O5S/c1-9-6-12(28-15-5-4-11(7-14(15)19)18(20,21)22)8-13(16(9)24(25)26)17(27-3)23-29-10(2)30/h4-8H,1-3H3. The summed E-state index contributed by atoms with van der Waals surface area (Å²) in [6.07, 6.45) is -4.57. The van der Waals surface area contributed by atoms with Crippen LogP contribution >= 0.6 is 23.8 Å². The van der Waals surface area contributed by atoms with E-state index >= 15 is 0 Å². The molecule has 0 heterocycles. The van der Waals surface area contributed by atoms with Gasteiger partial charge in [-0.05, 0) is 48.6 Å². The lowest BCUT2D eigenvalue weighted by molar-refractivity contribution is -0.385. The Kier molecular flexibility index (Phi) is 7.21. The Hall–Kier alpha value is -2.92. The Morgan fingerprint density at radius 3 is 2.43 bits per heavy atom. The number of hydrogen-bond acceptors (Lipinski definition) is 7. The van der Waals surface area contributed by atoms with Crippen molar-refractivity contribution in [2.45, 2.75) is 20.0 Å². The normalized spacial score (nSPS) is 11.8. The zero-order chi connectivity index (χ0) is 22.6. The van der Waals surface area contributed by atoms with Crippen molar-refractivity contribution < 1.29 is 32.4 Å². The molecule has 0 saturated heterocycles. The maximum absolute atomic E-state index is 12.8. The Balaban J connectivity index is 2.53. The third-order valence-electron chi connectivity index (χ3n) is 3.62. The molecule has 0 bridgehead atoms. The number of nitrogens with zero attached hydrogens (tertiary/aromatic N) is 2. The summed E-state index contributed by atoms with van der Waals surface area (Å²) in [7, 11) is 1.22. The van der Waals surface area contributed by atoms with E-state index in [0.717, 1.165) is 12.1 Å². The van der Waals surface area contributed by atoms with Crippen LogP contribution in [0.25, 0.3) is 0 Å². The number of ether oxygens (including phenoxy) is 2. The summed E-state index contributed by atoms with van der Waals surface area (Å²) in [5.41, 5.74) is -1.18. The van der Waals surface area contributed by atoms with Gasteiger partial charge >= 0.3 is 6.18 Å². The lowest BCUT2D eigenvalue weighted by Gasteiger charge is -2.13. The molecule has 160 valence electrons. The molecule has 0 radical (unpaired) electrons. The number of aryl methyl sites for hydroxylation is 1. The number of nitro groups is 1. The van der Waals surface area contributed by atoms with Crippen molar-refractivity contribution in [2.75, 3.05) is 7.11 Å². The van der Waals surface area contributed by atoms with Crippen LogP contribution < -0.4 is 4.74 Å². The number of alkyl halides is 3. The van der Waals surface area contributed by atoms with E-state index in [-0.39, 0.29) is 44.3 Å². The Morgan fingerprint density at radius 2 is 1.93 bits per heavy atom. The summed E-state index contributed by atoms with van der Waals surface area (Å²) < 4.78 is 49.0. The van der Waals surface area contributed by atoms with Crippen LogP contribution in [0, 0.1) is 17.0 Å². The van der Waals surface area contributed by atoms with Gasteiger partial charge in [0.05, 0.1) is 22.6 Å². The molecule has 12 heteroatoms. The molecule has 0 saturated carbocycles. The molecule has 0 spiro atoms. The van der Waals surface area contributed by atoms with Crippen molar-refractivity contribution in [3.05, 3.63) is 62.2 Å². The minimum atomic E-state index is -4.57. The Bertz CT molecular complexity index is 1030. The van der Waals surface area contributed by atoms with Crippen LogP contribution in [-0.2, 0) is 15.8 Å². The molecule has 0 aliphatic heterocycles. The maximum Gasteiger partial charge on any atom is 0.416 e. The van der Waals surface area contributed by atoms with E-state index in [2.05, 4.69) is 5.16 Å². The molecule has 0 N–H and O–H groups in total. The SMILES string of the molecule is COC(=NOC(C)=S)c1cc(Oc2ccc(C(F)(F)F)cc2Cl)cc(C)c1[N+](=O)[O-]. The van der Waals surface area contributed by atoms with E-state index in [4.69, 9.17) is 38.1 Å². The predicted octanol–water partition coefficient (Wildman–Crippen LogP) is 6.04. The summed E-state index contributed by atoms with van der Waals surface area (Å²) >= 11 is 10.7. The van der Waals surface area contributed by atoms with Crippen molar-refractivity contribution in [3.63, 3.8) is 0 Å². The topological polar surface area (TPSA) is 83.2 Å². The molecule has 2 aromatic rings. The van der Waals surface area contributed by atoms with Gasteiger partial charge in [-0.3, -0.25) is 10.1 Å². The predicted molar refractivity (Wildman–Crippen MR) is 107 cm³/mol. The molecular weight excluding hydrogens is 449 g/mol. The first-order chi connectivity index (χ1) is 13.9. The largest absolute Gasteiger partial charge is 0.478 e. The van der Waals surface area contributed by atoms with Gasteiger partial charge in [0.2, 0.25) is 0 Å². The molecule has 7 nitrogen and oxygen atoms in total. The van der Waals surface area contributed by atoms with Gasteiger partial charge in [0.1, 0.15) is 17.1 Å². The molecule has 30 heavy (non-hydrogen) atoms. The lowest BCUT2D eigenvalue weighted by Crippen LogP contribution is -2.10. The van der Waals surface area contributed by atoms with Crippen LogP contribution in [0.5, 0.6) is 11.5 Å². The van der Waals surface area contributed by atoms with Gasteiger partial charge in [-0.2, -0.15) is 13.2 Å². The first-order valence-corrected chi connectivity index (χ1v) is 8.86. The van der Waals surface area contributed by atoms with Gasteiger partial charge in [-0.1, -0.05) is 11.6 Å². The maximum atomic E-state index is 12.8.